The maximum absolute atomic E-state index is 11.5. The van der Waals surface area contributed by atoms with Gasteiger partial charge in [-0.25, -0.2) is 0 Å². The van der Waals surface area contributed by atoms with Gasteiger partial charge in [0.05, 0.1) is 6.54 Å². The van der Waals surface area contributed by atoms with E-state index in [2.05, 4.69) is 0 Å². The Kier molecular flexibility index (Phi) is 4.69. The molecule has 1 aromatic carbocycles. The van der Waals surface area contributed by atoms with Gasteiger partial charge in [-0.3, -0.25) is 9.59 Å². The van der Waals surface area contributed by atoms with Gasteiger partial charge < -0.3 is 9.64 Å². The van der Waals surface area contributed by atoms with E-state index in [9.17, 15) is 9.59 Å². The molecule has 0 aromatic heterocycles. The largest absolute Gasteiger partial charge is 0.464 e. The van der Waals surface area contributed by atoms with E-state index in [0.717, 1.165) is 11.3 Å². The Morgan fingerprint density at radius 1 is 1.29 bits per heavy atom. The normalized spacial score (nSPS) is 9.82. The molecule has 0 saturated heterocycles. The predicted octanol–water partition coefficient (Wildman–Crippen LogP) is 1.91. The number of hydrogen-bond acceptors (Lipinski definition) is 3. The fourth-order valence-corrected chi connectivity index (χ4v) is 1.54. The van der Waals surface area contributed by atoms with Gasteiger partial charge in [-0.1, -0.05) is 12.1 Å². The number of anilines is 1. The van der Waals surface area contributed by atoms with Crippen molar-refractivity contribution in [3.63, 3.8) is 0 Å². The summed E-state index contributed by atoms with van der Waals surface area (Å²) >= 11 is 0. The molecule has 0 aliphatic rings. The van der Waals surface area contributed by atoms with Crippen LogP contribution in [-0.2, 0) is 14.3 Å². The van der Waals surface area contributed by atoms with Gasteiger partial charge in [-0.2, -0.15) is 0 Å². The summed E-state index contributed by atoms with van der Waals surface area (Å²) in [4.78, 5) is 23.8. The van der Waals surface area contributed by atoms with E-state index < -0.39 is 0 Å². The molecule has 4 nitrogen and oxygen atoms in total. The number of amides is 1. The van der Waals surface area contributed by atoms with Crippen LogP contribution in [0.25, 0.3) is 0 Å². The van der Waals surface area contributed by atoms with Crippen molar-refractivity contribution < 1.29 is 14.3 Å². The van der Waals surface area contributed by atoms with Gasteiger partial charge in [-0.05, 0) is 24.6 Å². The maximum atomic E-state index is 11.5. The lowest BCUT2D eigenvalue weighted by Crippen LogP contribution is -2.32. The summed E-state index contributed by atoms with van der Waals surface area (Å²) < 4.78 is 4.84. The molecule has 17 heavy (non-hydrogen) atoms. The van der Waals surface area contributed by atoms with Crippen LogP contribution in [0.3, 0.4) is 0 Å². The van der Waals surface area contributed by atoms with Crippen LogP contribution in [0.2, 0.25) is 0 Å². The van der Waals surface area contributed by atoms with Gasteiger partial charge in [0.15, 0.2) is 0 Å². The molecule has 0 N–H and O–H groups in total. The average molecular weight is 235 g/mol. The van der Waals surface area contributed by atoms with E-state index in [0.29, 0.717) is 6.54 Å². The third-order valence-electron chi connectivity index (χ3n) is 2.31. The van der Waals surface area contributed by atoms with Crippen LogP contribution in [0.5, 0.6) is 0 Å². The molecule has 0 bridgehead atoms. The summed E-state index contributed by atoms with van der Waals surface area (Å²) in [7, 11) is 0. The first-order chi connectivity index (χ1) is 8.00. The Bertz CT molecular complexity index is 415. The molecule has 1 aromatic rings. The highest BCUT2D eigenvalue weighted by atomic mass is 16.5. The minimum absolute atomic E-state index is 0.0669. The summed E-state index contributed by atoms with van der Waals surface area (Å²) in [5, 5.41) is 0. The first kappa shape index (κ1) is 13.2. The number of rotatable bonds is 4. The van der Waals surface area contributed by atoms with Crippen LogP contribution < -0.4 is 4.90 Å². The summed E-state index contributed by atoms with van der Waals surface area (Å²) in [5.74, 6) is -0.402. The third-order valence-corrected chi connectivity index (χ3v) is 2.31. The van der Waals surface area contributed by atoms with Crippen molar-refractivity contribution in [2.45, 2.75) is 20.8 Å². The smallest absolute Gasteiger partial charge is 0.302 e. The van der Waals surface area contributed by atoms with E-state index in [1.54, 1.807) is 4.90 Å². The summed E-state index contributed by atoms with van der Waals surface area (Å²) in [6.07, 6.45) is 0. The van der Waals surface area contributed by atoms with Crippen molar-refractivity contribution in [2.75, 3.05) is 18.1 Å². The predicted molar refractivity (Wildman–Crippen MR) is 65.8 cm³/mol. The van der Waals surface area contributed by atoms with Gasteiger partial charge in [0.25, 0.3) is 0 Å². The molecule has 0 saturated carbocycles. The molecule has 4 heteroatoms. The van der Waals surface area contributed by atoms with Crippen LogP contribution in [-0.4, -0.2) is 25.0 Å². The number of nitrogens with zero attached hydrogens (tertiary/aromatic N) is 1. The van der Waals surface area contributed by atoms with E-state index in [1.165, 1.54) is 13.8 Å². The van der Waals surface area contributed by atoms with Crippen molar-refractivity contribution in [2.24, 2.45) is 0 Å². The van der Waals surface area contributed by atoms with E-state index in [-0.39, 0.29) is 18.5 Å². The molecule has 1 amide bonds. The van der Waals surface area contributed by atoms with Crippen molar-refractivity contribution in [3.8, 4) is 0 Å². The molecular weight excluding hydrogens is 218 g/mol. The third kappa shape index (κ3) is 4.26. The van der Waals surface area contributed by atoms with Gasteiger partial charge >= 0.3 is 5.97 Å². The topological polar surface area (TPSA) is 46.6 Å². The highest BCUT2D eigenvalue weighted by Gasteiger charge is 2.11. The highest BCUT2D eigenvalue weighted by Crippen LogP contribution is 2.15. The molecular formula is C13H17NO3. The molecule has 0 spiro atoms. The molecule has 0 atom stereocenters. The van der Waals surface area contributed by atoms with Crippen LogP contribution in [0.1, 0.15) is 19.4 Å². The lowest BCUT2D eigenvalue weighted by atomic mass is 10.2. The van der Waals surface area contributed by atoms with Crippen LogP contribution in [0, 0.1) is 6.92 Å². The number of ether oxygens (including phenoxy) is 1. The fraction of sp³-hybridized carbons (Fsp3) is 0.385. The fourth-order valence-electron chi connectivity index (χ4n) is 1.54. The Hall–Kier alpha value is -1.84. The first-order valence-corrected chi connectivity index (χ1v) is 5.49. The second-order valence-electron chi connectivity index (χ2n) is 3.85. The Labute approximate surface area is 101 Å². The van der Waals surface area contributed by atoms with Crippen molar-refractivity contribution in [3.05, 3.63) is 29.8 Å². The maximum Gasteiger partial charge on any atom is 0.302 e. The second kappa shape index (κ2) is 6.03. The second-order valence-corrected chi connectivity index (χ2v) is 3.85. The molecule has 0 unspecified atom stereocenters. The SMILES string of the molecule is CC(=O)OCCN(C(C)=O)c1cccc(C)c1. The van der Waals surface area contributed by atoms with Crippen LogP contribution >= 0.6 is 0 Å². The van der Waals surface area contributed by atoms with Gasteiger partial charge in [0, 0.05) is 19.5 Å². The van der Waals surface area contributed by atoms with Gasteiger partial charge in [0.2, 0.25) is 5.91 Å². The summed E-state index contributed by atoms with van der Waals surface area (Å²) in [5.41, 5.74) is 1.91. The van der Waals surface area contributed by atoms with E-state index in [4.69, 9.17) is 4.74 Å². The molecule has 0 radical (unpaired) electrons. The van der Waals surface area contributed by atoms with E-state index in [1.807, 2.05) is 31.2 Å². The minimum Gasteiger partial charge on any atom is -0.464 e. The Morgan fingerprint density at radius 2 is 2.00 bits per heavy atom. The molecule has 1 rings (SSSR count). The highest BCUT2D eigenvalue weighted by molar-refractivity contribution is 5.91. The molecule has 0 aliphatic carbocycles. The lowest BCUT2D eigenvalue weighted by molar-refractivity contribution is -0.140. The summed E-state index contributed by atoms with van der Waals surface area (Å²) in [6, 6.07) is 7.65. The molecule has 92 valence electrons. The van der Waals surface area contributed by atoms with Gasteiger partial charge in [0.1, 0.15) is 6.61 Å². The zero-order valence-electron chi connectivity index (χ0n) is 10.4. The Morgan fingerprint density at radius 3 is 2.53 bits per heavy atom. The zero-order chi connectivity index (χ0) is 12.8. The van der Waals surface area contributed by atoms with Crippen molar-refractivity contribution >= 4 is 17.6 Å². The molecule has 0 fully saturated rings. The Balaban J connectivity index is 2.72. The minimum atomic E-state index is -0.335. The van der Waals surface area contributed by atoms with Gasteiger partial charge in [-0.15, -0.1) is 0 Å². The monoisotopic (exact) mass is 235 g/mol. The lowest BCUT2D eigenvalue weighted by Gasteiger charge is -2.21. The average Bonchev–Trinajstić information content (AvgIpc) is 2.23. The molecule has 0 heterocycles. The first-order valence-electron chi connectivity index (χ1n) is 5.49. The number of esters is 1. The summed E-state index contributed by atoms with van der Waals surface area (Å²) in [6.45, 7) is 5.40. The number of benzene rings is 1. The number of carbonyl (C=O) groups is 2. The zero-order valence-corrected chi connectivity index (χ0v) is 10.4. The number of aryl methyl sites for hydroxylation is 1. The quantitative estimate of drug-likeness (QED) is 0.749. The standard InChI is InChI=1S/C13H17NO3/c1-10-5-4-6-13(9-10)14(11(2)15)7-8-17-12(3)16/h4-6,9H,7-8H2,1-3H3. The number of hydrogen-bond donors (Lipinski definition) is 0. The van der Waals surface area contributed by atoms with Crippen LogP contribution in [0.15, 0.2) is 24.3 Å². The number of carbonyl (C=O) groups excluding carboxylic acids is 2. The van der Waals surface area contributed by atoms with Crippen LogP contribution in [0.4, 0.5) is 5.69 Å². The van der Waals surface area contributed by atoms with E-state index >= 15 is 0 Å². The molecule has 0 aliphatic heterocycles. The van der Waals surface area contributed by atoms with Crippen molar-refractivity contribution in [1.82, 2.24) is 0 Å². The van der Waals surface area contributed by atoms with Crippen molar-refractivity contribution in [1.29, 1.82) is 0 Å².